The summed E-state index contributed by atoms with van der Waals surface area (Å²) < 4.78 is 14.4. The lowest BCUT2D eigenvalue weighted by molar-refractivity contribution is -0.116. The van der Waals surface area contributed by atoms with Crippen molar-refractivity contribution in [1.29, 1.82) is 5.26 Å². The molecule has 1 aromatic heterocycles. The molecule has 0 aliphatic rings. The van der Waals surface area contributed by atoms with Crippen LogP contribution in [0.25, 0.3) is 11.4 Å². The average molecular weight is 390 g/mol. The summed E-state index contributed by atoms with van der Waals surface area (Å²) in [7, 11) is 0. The normalized spacial score (nSPS) is 10.6. The minimum atomic E-state index is -0.632. The molecule has 7 heteroatoms. The van der Waals surface area contributed by atoms with Gasteiger partial charge < -0.3 is 5.32 Å². The zero-order valence-corrected chi connectivity index (χ0v) is 16.0. The van der Waals surface area contributed by atoms with Crippen LogP contribution in [0, 0.1) is 17.1 Å². The molecule has 0 atom stereocenters. The fraction of sp³-hybridized carbons (Fsp3) is 0.182. The number of nitrogens with one attached hydrogen (secondary N) is 1. The number of anilines is 1. The van der Waals surface area contributed by atoms with E-state index in [-0.39, 0.29) is 17.9 Å². The number of aromatic nitrogens is 2. The fourth-order valence-corrected chi connectivity index (χ4v) is 2.84. The molecular weight excluding hydrogens is 371 g/mol. The Hall–Kier alpha value is -3.79. The van der Waals surface area contributed by atoms with Gasteiger partial charge in [-0.15, -0.1) is 0 Å². The first-order valence-corrected chi connectivity index (χ1v) is 9.04. The van der Waals surface area contributed by atoms with Gasteiger partial charge >= 0.3 is 0 Å². The predicted octanol–water partition coefficient (Wildman–Crippen LogP) is 3.68. The SMILES string of the molecule is CC(C)c1ccc(NC(=O)Cn2c(-c3ccc(F)cc3)ncc(C#N)c2=O)cc1. The number of amides is 1. The highest BCUT2D eigenvalue weighted by molar-refractivity contribution is 5.90. The minimum Gasteiger partial charge on any atom is -0.325 e. The van der Waals surface area contributed by atoms with Gasteiger partial charge in [0.05, 0.1) is 6.20 Å². The second kappa shape index (κ2) is 8.48. The average Bonchev–Trinajstić information content (AvgIpc) is 2.70. The molecule has 146 valence electrons. The quantitative estimate of drug-likeness (QED) is 0.720. The van der Waals surface area contributed by atoms with Gasteiger partial charge in [0.25, 0.3) is 5.56 Å². The molecule has 1 N–H and O–H groups in total. The van der Waals surface area contributed by atoms with Gasteiger partial charge in [0.2, 0.25) is 5.91 Å². The summed E-state index contributed by atoms with van der Waals surface area (Å²) in [6, 6.07) is 14.6. The number of halogens is 1. The Bertz CT molecular complexity index is 1130. The summed E-state index contributed by atoms with van der Waals surface area (Å²) in [4.78, 5) is 29.3. The second-order valence-electron chi connectivity index (χ2n) is 6.83. The van der Waals surface area contributed by atoms with E-state index in [1.54, 1.807) is 18.2 Å². The van der Waals surface area contributed by atoms with Gasteiger partial charge in [0.15, 0.2) is 0 Å². The highest BCUT2D eigenvalue weighted by Crippen LogP contribution is 2.18. The first-order chi connectivity index (χ1) is 13.9. The van der Waals surface area contributed by atoms with Crippen molar-refractivity contribution in [3.8, 4) is 17.5 Å². The van der Waals surface area contributed by atoms with Crippen LogP contribution in [-0.4, -0.2) is 15.5 Å². The van der Waals surface area contributed by atoms with Gasteiger partial charge in [0.1, 0.15) is 29.8 Å². The van der Waals surface area contributed by atoms with Gasteiger partial charge in [-0.25, -0.2) is 9.37 Å². The molecule has 0 bridgehead atoms. The van der Waals surface area contributed by atoms with Crippen LogP contribution >= 0.6 is 0 Å². The summed E-state index contributed by atoms with van der Waals surface area (Å²) in [5.41, 5.74) is 1.39. The molecule has 0 radical (unpaired) electrons. The van der Waals surface area contributed by atoms with Gasteiger partial charge in [-0.2, -0.15) is 5.26 Å². The van der Waals surface area contributed by atoms with Gasteiger partial charge in [-0.1, -0.05) is 26.0 Å². The third-order valence-electron chi connectivity index (χ3n) is 4.43. The number of carbonyl (C=O) groups excluding carboxylic acids is 1. The Balaban J connectivity index is 1.90. The maximum Gasteiger partial charge on any atom is 0.272 e. The summed E-state index contributed by atoms with van der Waals surface area (Å²) in [5.74, 6) is -0.320. The van der Waals surface area contributed by atoms with Crippen molar-refractivity contribution < 1.29 is 9.18 Å². The van der Waals surface area contributed by atoms with Crippen molar-refractivity contribution in [1.82, 2.24) is 9.55 Å². The van der Waals surface area contributed by atoms with Crippen LogP contribution in [0.15, 0.2) is 59.5 Å². The first kappa shape index (κ1) is 20.0. The van der Waals surface area contributed by atoms with E-state index in [0.29, 0.717) is 17.2 Å². The van der Waals surface area contributed by atoms with Crippen LogP contribution in [0.3, 0.4) is 0 Å². The van der Waals surface area contributed by atoms with Gasteiger partial charge in [-0.3, -0.25) is 14.2 Å². The van der Waals surface area contributed by atoms with E-state index in [1.165, 1.54) is 24.3 Å². The molecule has 29 heavy (non-hydrogen) atoms. The number of hydrogen-bond donors (Lipinski definition) is 1. The van der Waals surface area contributed by atoms with Crippen LogP contribution in [0.4, 0.5) is 10.1 Å². The highest BCUT2D eigenvalue weighted by Gasteiger charge is 2.15. The van der Waals surface area contributed by atoms with Crippen molar-refractivity contribution in [3.05, 3.63) is 82.0 Å². The van der Waals surface area contributed by atoms with E-state index in [4.69, 9.17) is 5.26 Å². The summed E-state index contributed by atoms with van der Waals surface area (Å²) >= 11 is 0. The largest absolute Gasteiger partial charge is 0.325 e. The minimum absolute atomic E-state index is 0.176. The molecule has 3 aromatic rings. The van der Waals surface area contributed by atoms with Crippen molar-refractivity contribution >= 4 is 11.6 Å². The van der Waals surface area contributed by atoms with Gasteiger partial charge in [-0.05, 0) is 47.9 Å². The molecule has 1 amide bonds. The van der Waals surface area contributed by atoms with E-state index in [0.717, 1.165) is 16.3 Å². The summed E-state index contributed by atoms with van der Waals surface area (Å²) in [6.45, 7) is 3.82. The van der Waals surface area contributed by atoms with Crippen molar-refractivity contribution in [2.75, 3.05) is 5.32 Å². The third-order valence-corrected chi connectivity index (χ3v) is 4.43. The van der Waals surface area contributed by atoms with E-state index in [9.17, 15) is 14.0 Å². The van der Waals surface area contributed by atoms with E-state index in [1.807, 2.05) is 12.1 Å². The topological polar surface area (TPSA) is 87.8 Å². The third kappa shape index (κ3) is 4.55. The number of nitriles is 1. The van der Waals surface area contributed by atoms with E-state index < -0.39 is 17.3 Å². The lowest BCUT2D eigenvalue weighted by Gasteiger charge is -2.13. The molecule has 0 fully saturated rings. The predicted molar refractivity (Wildman–Crippen MR) is 108 cm³/mol. The van der Waals surface area contributed by atoms with Gasteiger partial charge in [0, 0.05) is 11.3 Å². The van der Waals surface area contributed by atoms with Crippen molar-refractivity contribution in [2.24, 2.45) is 0 Å². The molecule has 0 aliphatic carbocycles. The van der Waals surface area contributed by atoms with Crippen LogP contribution in [-0.2, 0) is 11.3 Å². The zero-order chi connectivity index (χ0) is 21.0. The van der Waals surface area contributed by atoms with Crippen molar-refractivity contribution in [3.63, 3.8) is 0 Å². The Morgan fingerprint density at radius 3 is 2.41 bits per heavy atom. The Kier molecular flexibility index (Phi) is 5.84. The smallest absolute Gasteiger partial charge is 0.272 e. The standard InChI is InChI=1S/C22H19FN4O2/c1-14(2)15-5-9-19(10-6-15)26-20(28)13-27-21(16-3-7-18(23)8-4-16)25-12-17(11-24)22(27)29/h3-10,12,14H,13H2,1-2H3,(H,26,28). The maximum atomic E-state index is 13.2. The fourth-order valence-electron chi connectivity index (χ4n) is 2.84. The molecule has 0 saturated carbocycles. The molecule has 0 saturated heterocycles. The molecule has 1 heterocycles. The Morgan fingerprint density at radius 1 is 1.17 bits per heavy atom. The Labute approximate surface area is 167 Å². The van der Waals surface area contributed by atoms with E-state index in [2.05, 4.69) is 24.1 Å². The zero-order valence-electron chi connectivity index (χ0n) is 16.0. The monoisotopic (exact) mass is 390 g/mol. The summed E-state index contributed by atoms with van der Waals surface area (Å²) in [6.07, 6.45) is 1.15. The number of hydrogen-bond acceptors (Lipinski definition) is 4. The number of rotatable bonds is 5. The van der Waals surface area contributed by atoms with Crippen LogP contribution in [0.5, 0.6) is 0 Å². The first-order valence-electron chi connectivity index (χ1n) is 9.04. The molecule has 0 unspecified atom stereocenters. The lowest BCUT2D eigenvalue weighted by Crippen LogP contribution is -2.31. The lowest BCUT2D eigenvalue weighted by atomic mass is 10.0. The maximum absolute atomic E-state index is 13.2. The van der Waals surface area contributed by atoms with Crippen LogP contribution < -0.4 is 10.9 Å². The van der Waals surface area contributed by atoms with Crippen molar-refractivity contribution in [2.45, 2.75) is 26.3 Å². The van der Waals surface area contributed by atoms with E-state index >= 15 is 0 Å². The van der Waals surface area contributed by atoms with Crippen LogP contribution in [0.2, 0.25) is 0 Å². The molecule has 6 nitrogen and oxygen atoms in total. The Morgan fingerprint density at radius 2 is 1.83 bits per heavy atom. The second-order valence-corrected chi connectivity index (χ2v) is 6.83. The number of nitrogens with zero attached hydrogens (tertiary/aromatic N) is 3. The number of benzene rings is 2. The molecule has 0 spiro atoms. The molecule has 0 aliphatic heterocycles. The molecule has 2 aromatic carbocycles. The van der Waals surface area contributed by atoms with Crippen LogP contribution in [0.1, 0.15) is 30.9 Å². The highest BCUT2D eigenvalue weighted by atomic mass is 19.1. The molecular formula is C22H19FN4O2. The molecule has 3 rings (SSSR count). The summed E-state index contributed by atoms with van der Waals surface area (Å²) in [5, 5.41) is 11.9. The number of carbonyl (C=O) groups is 1.